The molecule has 0 atom stereocenters. The molecule has 16 heavy (non-hydrogen) atoms. The van der Waals surface area contributed by atoms with Crippen LogP contribution in [0.2, 0.25) is 0 Å². The van der Waals surface area contributed by atoms with Crippen molar-refractivity contribution in [1.29, 1.82) is 0 Å². The van der Waals surface area contributed by atoms with Gasteiger partial charge in [-0.25, -0.2) is 9.78 Å². The first-order valence-corrected chi connectivity index (χ1v) is 5.78. The Morgan fingerprint density at radius 2 is 2.25 bits per heavy atom. The fourth-order valence-electron chi connectivity index (χ4n) is 1.00. The molecule has 0 radical (unpaired) electrons. The molecule has 1 heterocycles. The number of methoxy groups -OCH3 is 2. The molecule has 0 amide bonds. The van der Waals surface area contributed by atoms with Gasteiger partial charge < -0.3 is 9.47 Å². The third-order valence-corrected chi connectivity index (χ3v) is 2.73. The van der Waals surface area contributed by atoms with Crippen LogP contribution in [-0.4, -0.2) is 42.5 Å². The van der Waals surface area contributed by atoms with E-state index in [1.807, 2.05) is 0 Å². The van der Waals surface area contributed by atoms with Gasteiger partial charge in [-0.15, -0.1) is 11.8 Å². The second-order valence-corrected chi connectivity index (χ2v) is 4.04. The summed E-state index contributed by atoms with van der Waals surface area (Å²) in [4.78, 5) is 19.3. The lowest BCUT2D eigenvalue weighted by atomic mass is 10.5. The summed E-state index contributed by atoms with van der Waals surface area (Å²) in [6.45, 7) is 0.719. The van der Waals surface area contributed by atoms with E-state index in [-0.39, 0.29) is 5.69 Å². The van der Waals surface area contributed by atoms with E-state index in [0.717, 1.165) is 23.8 Å². The number of hydrogen-bond donors (Lipinski definition) is 0. The molecule has 0 bridgehead atoms. The summed E-state index contributed by atoms with van der Waals surface area (Å²) in [5, 5.41) is 0.721. The molecule has 0 aliphatic carbocycles. The number of carbonyl (C=O) groups is 1. The lowest BCUT2D eigenvalue weighted by Crippen LogP contribution is -2.05. The predicted octanol–water partition coefficient (Wildman–Crippen LogP) is 1.39. The standard InChI is InChI=1S/C10H14N2O3S/c1-14-4-3-5-16-9-7-11-6-8(12-9)10(13)15-2/h6-7H,3-5H2,1-2H3. The van der Waals surface area contributed by atoms with Crippen molar-refractivity contribution >= 4 is 17.7 Å². The van der Waals surface area contributed by atoms with E-state index in [2.05, 4.69) is 14.7 Å². The van der Waals surface area contributed by atoms with Crippen LogP contribution in [0, 0.1) is 0 Å². The average Bonchev–Trinajstić information content (AvgIpc) is 2.34. The predicted molar refractivity (Wildman–Crippen MR) is 60.6 cm³/mol. The molecule has 0 aromatic carbocycles. The molecule has 1 aromatic heterocycles. The van der Waals surface area contributed by atoms with Gasteiger partial charge in [0, 0.05) is 19.5 Å². The van der Waals surface area contributed by atoms with Crippen molar-refractivity contribution in [3.8, 4) is 0 Å². The van der Waals surface area contributed by atoms with Crippen LogP contribution >= 0.6 is 11.8 Å². The van der Waals surface area contributed by atoms with E-state index in [9.17, 15) is 4.79 Å². The molecule has 0 saturated heterocycles. The second kappa shape index (κ2) is 7.19. The topological polar surface area (TPSA) is 61.3 Å². The molecular formula is C10H14N2O3S. The first kappa shape index (κ1) is 12.9. The summed E-state index contributed by atoms with van der Waals surface area (Å²) in [5.74, 6) is 0.416. The monoisotopic (exact) mass is 242 g/mol. The van der Waals surface area contributed by atoms with Crippen molar-refractivity contribution in [2.75, 3.05) is 26.6 Å². The van der Waals surface area contributed by atoms with Gasteiger partial charge in [-0.3, -0.25) is 4.98 Å². The maximum absolute atomic E-state index is 11.2. The highest BCUT2D eigenvalue weighted by atomic mass is 32.2. The minimum Gasteiger partial charge on any atom is -0.464 e. The van der Waals surface area contributed by atoms with Crippen LogP contribution < -0.4 is 0 Å². The van der Waals surface area contributed by atoms with Gasteiger partial charge in [-0.05, 0) is 6.42 Å². The Morgan fingerprint density at radius 1 is 1.44 bits per heavy atom. The molecule has 0 spiro atoms. The van der Waals surface area contributed by atoms with Crippen LogP contribution in [0.1, 0.15) is 16.9 Å². The Balaban J connectivity index is 2.50. The Morgan fingerprint density at radius 3 is 2.94 bits per heavy atom. The van der Waals surface area contributed by atoms with Gasteiger partial charge in [0.15, 0.2) is 5.69 Å². The largest absolute Gasteiger partial charge is 0.464 e. The SMILES string of the molecule is COCCCSc1cncc(C(=O)OC)n1. The van der Waals surface area contributed by atoms with E-state index >= 15 is 0 Å². The van der Waals surface area contributed by atoms with E-state index < -0.39 is 5.97 Å². The third-order valence-electron chi connectivity index (χ3n) is 1.75. The van der Waals surface area contributed by atoms with Crippen LogP contribution in [-0.2, 0) is 9.47 Å². The number of ether oxygens (including phenoxy) is 2. The lowest BCUT2D eigenvalue weighted by Gasteiger charge is -2.02. The zero-order valence-corrected chi connectivity index (χ0v) is 10.1. The number of nitrogens with zero attached hydrogens (tertiary/aromatic N) is 2. The fraction of sp³-hybridized carbons (Fsp3) is 0.500. The van der Waals surface area contributed by atoms with Crippen molar-refractivity contribution in [1.82, 2.24) is 9.97 Å². The zero-order valence-electron chi connectivity index (χ0n) is 9.30. The summed E-state index contributed by atoms with van der Waals surface area (Å²) in [7, 11) is 2.99. The Bertz CT molecular complexity index is 347. The number of rotatable bonds is 6. The van der Waals surface area contributed by atoms with Gasteiger partial charge in [0.2, 0.25) is 0 Å². The number of hydrogen-bond acceptors (Lipinski definition) is 6. The molecule has 1 rings (SSSR count). The van der Waals surface area contributed by atoms with Gasteiger partial charge in [0.05, 0.1) is 19.5 Å². The van der Waals surface area contributed by atoms with Crippen molar-refractivity contribution in [3.63, 3.8) is 0 Å². The van der Waals surface area contributed by atoms with E-state index in [0.29, 0.717) is 0 Å². The number of esters is 1. The summed E-state index contributed by atoms with van der Waals surface area (Å²) >= 11 is 1.54. The minimum atomic E-state index is -0.466. The highest BCUT2D eigenvalue weighted by Gasteiger charge is 2.08. The summed E-state index contributed by atoms with van der Waals surface area (Å²) in [6, 6.07) is 0. The smallest absolute Gasteiger partial charge is 0.358 e. The number of carbonyl (C=O) groups excluding carboxylic acids is 1. The van der Waals surface area contributed by atoms with Crippen LogP contribution in [0.25, 0.3) is 0 Å². The van der Waals surface area contributed by atoms with Crippen LogP contribution in [0.5, 0.6) is 0 Å². The molecule has 0 unspecified atom stereocenters. The zero-order chi connectivity index (χ0) is 11.8. The van der Waals surface area contributed by atoms with Gasteiger partial charge in [0.1, 0.15) is 5.03 Å². The van der Waals surface area contributed by atoms with Crippen LogP contribution in [0.15, 0.2) is 17.4 Å². The van der Waals surface area contributed by atoms with Crippen molar-refractivity contribution in [2.45, 2.75) is 11.4 Å². The van der Waals surface area contributed by atoms with E-state index in [4.69, 9.17) is 4.74 Å². The highest BCUT2D eigenvalue weighted by molar-refractivity contribution is 7.99. The maximum atomic E-state index is 11.2. The third kappa shape index (κ3) is 4.16. The Labute approximate surface area is 98.6 Å². The van der Waals surface area contributed by atoms with Crippen molar-refractivity contribution in [2.24, 2.45) is 0 Å². The minimum absolute atomic E-state index is 0.235. The lowest BCUT2D eigenvalue weighted by molar-refractivity contribution is 0.0592. The molecule has 1 aromatic rings. The van der Waals surface area contributed by atoms with E-state index in [1.54, 1.807) is 25.1 Å². The number of thioether (sulfide) groups is 1. The second-order valence-electron chi connectivity index (χ2n) is 2.93. The summed E-state index contributed by atoms with van der Waals surface area (Å²) in [5.41, 5.74) is 0.235. The van der Waals surface area contributed by atoms with Gasteiger partial charge >= 0.3 is 5.97 Å². The molecule has 0 aliphatic rings. The average molecular weight is 242 g/mol. The Kier molecular flexibility index (Phi) is 5.81. The van der Waals surface area contributed by atoms with Gasteiger partial charge in [-0.2, -0.15) is 0 Å². The molecule has 0 N–H and O–H groups in total. The van der Waals surface area contributed by atoms with Gasteiger partial charge in [-0.1, -0.05) is 0 Å². The normalized spacial score (nSPS) is 10.1. The number of aromatic nitrogens is 2. The molecule has 6 heteroatoms. The molecular weight excluding hydrogens is 228 g/mol. The maximum Gasteiger partial charge on any atom is 0.358 e. The first-order chi connectivity index (χ1) is 7.77. The molecule has 0 aliphatic heterocycles. The van der Waals surface area contributed by atoms with Crippen molar-refractivity contribution in [3.05, 3.63) is 18.1 Å². The van der Waals surface area contributed by atoms with Crippen LogP contribution in [0.3, 0.4) is 0 Å². The molecule has 0 saturated carbocycles. The quantitative estimate of drug-likeness (QED) is 0.427. The van der Waals surface area contributed by atoms with Crippen molar-refractivity contribution < 1.29 is 14.3 Å². The summed E-state index contributed by atoms with van der Waals surface area (Å²) < 4.78 is 9.50. The highest BCUT2D eigenvalue weighted by Crippen LogP contribution is 2.15. The first-order valence-electron chi connectivity index (χ1n) is 4.80. The molecule has 5 nitrogen and oxygen atoms in total. The summed E-state index contributed by atoms with van der Waals surface area (Å²) in [6.07, 6.45) is 3.96. The Hall–Kier alpha value is -1.14. The molecule has 0 fully saturated rings. The van der Waals surface area contributed by atoms with E-state index in [1.165, 1.54) is 13.3 Å². The molecule has 88 valence electrons. The fourth-order valence-corrected chi connectivity index (χ4v) is 1.77. The van der Waals surface area contributed by atoms with Crippen LogP contribution in [0.4, 0.5) is 0 Å². The van der Waals surface area contributed by atoms with Gasteiger partial charge in [0.25, 0.3) is 0 Å².